The van der Waals surface area contributed by atoms with Crippen LogP contribution in [0.2, 0.25) is 0 Å². The number of benzene rings is 2. The highest BCUT2D eigenvalue weighted by Gasteiger charge is 2.27. The average Bonchev–Trinajstić information content (AvgIpc) is 2.61. The van der Waals surface area contributed by atoms with Crippen molar-refractivity contribution in [2.45, 2.75) is 12.3 Å². The van der Waals surface area contributed by atoms with Crippen molar-refractivity contribution < 1.29 is 19.0 Å². The van der Waals surface area contributed by atoms with Crippen molar-refractivity contribution >= 4 is 5.97 Å². The molecule has 3 rings (SSSR count). The predicted octanol–water partition coefficient (Wildman–Crippen LogP) is 3.30. The van der Waals surface area contributed by atoms with Crippen molar-refractivity contribution in [1.82, 2.24) is 5.32 Å². The highest BCUT2D eigenvalue weighted by molar-refractivity contribution is 5.87. The van der Waals surface area contributed by atoms with Crippen LogP contribution in [0.25, 0.3) is 0 Å². The first kappa shape index (κ1) is 16.5. The van der Waals surface area contributed by atoms with Gasteiger partial charge in [-0.05, 0) is 54.8 Å². The third kappa shape index (κ3) is 3.92. The zero-order valence-electron chi connectivity index (χ0n) is 13.2. The van der Waals surface area contributed by atoms with Crippen LogP contribution < -0.4 is 10.1 Å². The number of rotatable bonds is 5. The lowest BCUT2D eigenvalue weighted by Crippen LogP contribution is -2.38. The first-order chi connectivity index (χ1) is 11.6. The number of carbonyl (C=O) groups is 1. The zero-order valence-corrected chi connectivity index (χ0v) is 13.2. The molecule has 2 aromatic rings. The van der Waals surface area contributed by atoms with E-state index in [1.54, 1.807) is 18.2 Å². The number of ether oxygens (including phenoxy) is 1. The van der Waals surface area contributed by atoms with Crippen molar-refractivity contribution in [3.63, 3.8) is 0 Å². The number of nitrogens with one attached hydrogen (secondary N) is 1. The van der Waals surface area contributed by atoms with Crippen LogP contribution in [0.15, 0.2) is 48.5 Å². The highest BCUT2D eigenvalue weighted by Crippen LogP contribution is 2.31. The fourth-order valence-electron chi connectivity index (χ4n) is 3.17. The van der Waals surface area contributed by atoms with E-state index in [1.165, 1.54) is 18.2 Å². The second-order valence-electron chi connectivity index (χ2n) is 6.05. The topological polar surface area (TPSA) is 58.6 Å². The van der Waals surface area contributed by atoms with E-state index in [-0.39, 0.29) is 17.3 Å². The second-order valence-corrected chi connectivity index (χ2v) is 6.05. The van der Waals surface area contributed by atoms with Crippen molar-refractivity contribution in [3.05, 3.63) is 65.5 Å². The van der Waals surface area contributed by atoms with Crippen LogP contribution in [-0.4, -0.2) is 30.8 Å². The van der Waals surface area contributed by atoms with Gasteiger partial charge in [-0.3, -0.25) is 0 Å². The second kappa shape index (κ2) is 7.45. The molecule has 0 aromatic heterocycles. The van der Waals surface area contributed by atoms with Gasteiger partial charge >= 0.3 is 5.97 Å². The average molecular weight is 329 g/mol. The molecule has 24 heavy (non-hydrogen) atoms. The number of carboxylic acids is 1. The standard InChI is InChI=1S/C19H20FNO3/c20-16-6-4-13(5-7-16)18-8-9-21-11-15(18)12-24-17-3-1-2-14(10-17)19(22)23/h1-7,10,15,18,21H,8-9,11-12H2,(H,22,23)/t15-,18-/m0/s1. The molecule has 0 radical (unpaired) electrons. The lowest BCUT2D eigenvalue weighted by Gasteiger charge is -2.32. The van der Waals surface area contributed by atoms with Crippen LogP contribution in [0.4, 0.5) is 4.39 Å². The van der Waals surface area contributed by atoms with Gasteiger partial charge < -0.3 is 15.2 Å². The molecule has 4 nitrogen and oxygen atoms in total. The summed E-state index contributed by atoms with van der Waals surface area (Å²) in [7, 11) is 0. The summed E-state index contributed by atoms with van der Waals surface area (Å²) < 4.78 is 19.0. The van der Waals surface area contributed by atoms with Crippen LogP contribution in [0.1, 0.15) is 28.3 Å². The van der Waals surface area contributed by atoms with Crippen LogP contribution in [0, 0.1) is 11.7 Å². The van der Waals surface area contributed by atoms with Gasteiger partial charge in [0.05, 0.1) is 12.2 Å². The first-order valence-electron chi connectivity index (χ1n) is 8.06. The molecule has 5 heteroatoms. The molecule has 1 heterocycles. The number of aromatic carboxylic acids is 1. The molecule has 0 saturated carbocycles. The lowest BCUT2D eigenvalue weighted by atomic mass is 9.81. The Morgan fingerprint density at radius 1 is 1.25 bits per heavy atom. The maximum absolute atomic E-state index is 13.1. The first-order valence-corrected chi connectivity index (χ1v) is 8.06. The van der Waals surface area contributed by atoms with Crippen LogP contribution in [-0.2, 0) is 0 Å². The maximum atomic E-state index is 13.1. The van der Waals surface area contributed by atoms with Gasteiger partial charge in [0.15, 0.2) is 0 Å². The normalized spacial score (nSPS) is 20.5. The van der Waals surface area contributed by atoms with Gasteiger partial charge in [-0.25, -0.2) is 9.18 Å². The Morgan fingerprint density at radius 3 is 2.79 bits per heavy atom. The summed E-state index contributed by atoms with van der Waals surface area (Å²) in [5.41, 5.74) is 1.33. The Labute approximate surface area is 140 Å². The van der Waals surface area contributed by atoms with E-state index in [0.717, 1.165) is 25.1 Å². The summed E-state index contributed by atoms with van der Waals surface area (Å²) in [6.07, 6.45) is 0.967. The largest absolute Gasteiger partial charge is 0.493 e. The van der Waals surface area contributed by atoms with Gasteiger partial charge in [0, 0.05) is 12.5 Å². The van der Waals surface area contributed by atoms with Gasteiger partial charge in [0.25, 0.3) is 0 Å². The minimum atomic E-state index is -0.969. The smallest absolute Gasteiger partial charge is 0.335 e. The Hall–Kier alpha value is -2.40. The summed E-state index contributed by atoms with van der Waals surface area (Å²) in [6.45, 7) is 2.23. The molecule has 1 aliphatic rings. The van der Waals surface area contributed by atoms with Crippen LogP contribution in [0.3, 0.4) is 0 Å². The summed E-state index contributed by atoms with van der Waals surface area (Å²) in [4.78, 5) is 11.0. The number of halogens is 1. The molecule has 0 aliphatic carbocycles. The predicted molar refractivity (Wildman–Crippen MR) is 89.0 cm³/mol. The molecule has 126 valence electrons. The quantitative estimate of drug-likeness (QED) is 0.884. The lowest BCUT2D eigenvalue weighted by molar-refractivity contribution is 0.0696. The molecule has 0 amide bonds. The van der Waals surface area contributed by atoms with Crippen molar-refractivity contribution in [3.8, 4) is 5.75 Å². The number of piperidine rings is 1. The molecule has 0 spiro atoms. The number of hydrogen-bond donors (Lipinski definition) is 2. The molecule has 1 saturated heterocycles. The van der Waals surface area contributed by atoms with E-state index in [4.69, 9.17) is 9.84 Å². The van der Waals surface area contributed by atoms with E-state index in [0.29, 0.717) is 18.3 Å². The Morgan fingerprint density at radius 2 is 2.04 bits per heavy atom. The van der Waals surface area contributed by atoms with E-state index in [2.05, 4.69) is 5.32 Å². The third-order valence-electron chi connectivity index (χ3n) is 4.45. The highest BCUT2D eigenvalue weighted by atomic mass is 19.1. The van der Waals surface area contributed by atoms with E-state index in [9.17, 15) is 9.18 Å². The molecule has 1 fully saturated rings. The Balaban J connectivity index is 1.69. The van der Waals surface area contributed by atoms with E-state index >= 15 is 0 Å². The van der Waals surface area contributed by atoms with Crippen molar-refractivity contribution in [1.29, 1.82) is 0 Å². The van der Waals surface area contributed by atoms with Gasteiger partial charge in [-0.2, -0.15) is 0 Å². The fraction of sp³-hybridized carbons (Fsp3) is 0.316. The van der Waals surface area contributed by atoms with Crippen molar-refractivity contribution in [2.24, 2.45) is 5.92 Å². The summed E-state index contributed by atoms with van der Waals surface area (Å²) in [5.74, 6) is -0.0968. The Bertz CT molecular complexity index is 702. The molecule has 1 aliphatic heterocycles. The number of carboxylic acid groups (broad SMARTS) is 1. The third-order valence-corrected chi connectivity index (χ3v) is 4.45. The van der Waals surface area contributed by atoms with E-state index in [1.807, 2.05) is 12.1 Å². The minimum absolute atomic E-state index is 0.212. The monoisotopic (exact) mass is 329 g/mol. The van der Waals surface area contributed by atoms with Gasteiger partial charge in [0.1, 0.15) is 11.6 Å². The summed E-state index contributed by atoms with van der Waals surface area (Å²) in [5, 5.41) is 12.4. The van der Waals surface area contributed by atoms with Crippen LogP contribution in [0.5, 0.6) is 5.75 Å². The Kier molecular flexibility index (Phi) is 5.11. The molecular formula is C19H20FNO3. The van der Waals surface area contributed by atoms with Gasteiger partial charge in [-0.15, -0.1) is 0 Å². The molecular weight excluding hydrogens is 309 g/mol. The molecule has 0 unspecified atom stereocenters. The maximum Gasteiger partial charge on any atom is 0.335 e. The van der Waals surface area contributed by atoms with Crippen molar-refractivity contribution in [2.75, 3.05) is 19.7 Å². The summed E-state index contributed by atoms with van der Waals surface area (Å²) >= 11 is 0. The SMILES string of the molecule is O=C(O)c1cccc(OC[C@@H]2CNCC[C@H]2c2ccc(F)cc2)c1. The van der Waals surface area contributed by atoms with Gasteiger partial charge in [-0.1, -0.05) is 18.2 Å². The summed E-state index contributed by atoms with van der Waals surface area (Å²) in [6, 6.07) is 13.2. The fourth-order valence-corrected chi connectivity index (χ4v) is 3.17. The zero-order chi connectivity index (χ0) is 16.9. The van der Waals surface area contributed by atoms with Gasteiger partial charge in [0.2, 0.25) is 0 Å². The molecule has 2 atom stereocenters. The number of hydrogen-bond acceptors (Lipinski definition) is 3. The van der Waals surface area contributed by atoms with Crippen LogP contribution >= 0.6 is 0 Å². The molecule has 0 bridgehead atoms. The van der Waals surface area contributed by atoms with E-state index < -0.39 is 5.97 Å². The molecule has 2 N–H and O–H groups in total. The minimum Gasteiger partial charge on any atom is -0.493 e. The molecule has 2 aromatic carbocycles.